The Bertz CT molecular complexity index is 362. The molecule has 1 aromatic carbocycles. The second-order valence-electron chi connectivity index (χ2n) is 4.05. The summed E-state index contributed by atoms with van der Waals surface area (Å²) in [6.45, 7) is 0. The molecule has 3 heteroatoms. The monoisotopic (exact) mass is 221 g/mol. The van der Waals surface area contributed by atoms with Crippen molar-refractivity contribution in [2.45, 2.75) is 31.9 Å². The highest BCUT2D eigenvalue weighted by Gasteiger charge is 2.16. The Hall–Kier alpha value is -1.38. The van der Waals surface area contributed by atoms with Crippen LogP contribution in [0.5, 0.6) is 5.75 Å². The molecule has 0 spiro atoms. The number of nitrogens with zero attached hydrogens (tertiary/aromatic N) is 1. The lowest BCUT2D eigenvalue weighted by Crippen LogP contribution is -2.14. The third-order valence-electron chi connectivity index (χ3n) is 2.85. The first-order valence-corrected chi connectivity index (χ1v) is 5.62. The third-order valence-corrected chi connectivity index (χ3v) is 2.85. The Labute approximate surface area is 95.2 Å². The van der Waals surface area contributed by atoms with Gasteiger partial charge in [0, 0.05) is 5.71 Å². The maximum absolute atomic E-state index is 12.9. The van der Waals surface area contributed by atoms with Crippen molar-refractivity contribution in [3.8, 4) is 5.75 Å². The lowest BCUT2D eigenvalue weighted by molar-refractivity contribution is 0.292. The van der Waals surface area contributed by atoms with Gasteiger partial charge in [-0.2, -0.15) is 0 Å². The quantitative estimate of drug-likeness (QED) is 0.746. The number of halogens is 1. The normalized spacial score (nSPS) is 20.6. The van der Waals surface area contributed by atoms with Gasteiger partial charge >= 0.3 is 0 Å². The van der Waals surface area contributed by atoms with Crippen molar-refractivity contribution in [2.24, 2.45) is 4.99 Å². The van der Waals surface area contributed by atoms with E-state index in [1.807, 2.05) is 24.3 Å². The van der Waals surface area contributed by atoms with E-state index in [1.54, 1.807) is 7.11 Å². The highest BCUT2D eigenvalue weighted by Crippen LogP contribution is 2.23. The molecule has 0 aliphatic heterocycles. The fraction of sp³-hybridized carbons (Fsp3) is 0.462. The Morgan fingerprint density at radius 3 is 2.38 bits per heavy atom. The van der Waals surface area contributed by atoms with Crippen molar-refractivity contribution in [3.05, 3.63) is 24.3 Å². The van der Waals surface area contributed by atoms with Gasteiger partial charge in [0.05, 0.1) is 12.8 Å². The standard InChI is InChI=1S/C13H16FNO/c1-16-13-8-6-12(7-9-13)15-11-4-2-10(14)3-5-11/h6-10H,2-5H2,1H3. The van der Waals surface area contributed by atoms with Crippen LogP contribution < -0.4 is 4.74 Å². The van der Waals surface area contributed by atoms with E-state index in [1.165, 1.54) is 0 Å². The van der Waals surface area contributed by atoms with Crippen LogP contribution in [0.3, 0.4) is 0 Å². The summed E-state index contributed by atoms with van der Waals surface area (Å²) in [5, 5.41) is 0. The molecule has 86 valence electrons. The van der Waals surface area contributed by atoms with E-state index in [0.29, 0.717) is 12.8 Å². The minimum Gasteiger partial charge on any atom is -0.497 e. The zero-order chi connectivity index (χ0) is 11.4. The van der Waals surface area contributed by atoms with Gasteiger partial charge in [-0.3, -0.25) is 4.99 Å². The van der Waals surface area contributed by atoms with Crippen LogP contribution in [-0.2, 0) is 0 Å². The van der Waals surface area contributed by atoms with E-state index >= 15 is 0 Å². The van der Waals surface area contributed by atoms with Crippen LogP contribution in [-0.4, -0.2) is 19.0 Å². The average molecular weight is 221 g/mol. The SMILES string of the molecule is COc1ccc(N=C2CCC(F)CC2)cc1. The minimum absolute atomic E-state index is 0.620. The molecule has 1 saturated carbocycles. The summed E-state index contributed by atoms with van der Waals surface area (Å²) in [7, 11) is 1.64. The van der Waals surface area contributed by atoms with Gasteiger partial charge in [-0.1, -0.05) is 0 Å². The summed E-state index contributed by atoms with van der Waals surface area (Å²) >= 11 is 0. The van der Waals surface area contributed by atoms with Gasteiger partial charge in [0.25, 0.3) is 0 Å². The number of alkyl halides is 1. The average Bonchev–Trinajstić information content (AvgIpc) is 2.33. The highest BCUT2D eigenvalue weighted by molar-refractivity contribution is 5.87. The molecule has 0 bridgehead atoms. The van der Waals surface area contributed by atoms with Crippen LogP contribution in [0.2, 0.25) is 0 Å². The molecular weight excluding hydrogens is 205 g/mol. The van der Waals surface area contributed by atoms with Crippen molar-refractivity contribution in [1.82, 2.24) is 0 Å². The fourth-order valence-corrected chi connectivity index (χ4v) is 1.87. The summed E-state index contributed by atoms with van der Waals surface area (Å²) in [5.74, 6) is 0.830. The maximum atomic E-state index is 12.9. The molecule has 0 heterocycles. The number of ether oxygens (including phenoxy) is 1. The van der Waals surface area contributed by atoms with Crippen molar-refractivity contribution in [1.29, 1.82) is 0 Å². The summed E-state index contributed by atoms with van der Waals surface area (Å²) in [6, 6.07) is 7.63. The van der Waals surface area contributed by atoms with Gasteiger partial charge < -0.3 is 4.74 Å². The molecular formula is C13H16FNO. The van der Waals surface area contributed by atoms with Crippen molar-refractivity contribution in [2.75, 3.05) is 7.11 Å². The zero-order valence-corrected chi connectivity index (χ0v) is 9.45. The van der Waals surface area contributed by atoms with Gasteiger partial charge in [0.15, 0.2) is 0 Å². The van der Waals surface area contributed by atoms with Gasteiger partial charge in [-0.15, -0.1) is 0 Å². The number of benzene rings is 1. The first-order chi connectivity index (χ1) is 7.78. The van der Waals surface area contributed by atoms with Crippen LogP contribution >= 0.6 is 0 Å². The first-order valence-electron chi connectivity index (χ1n) is 5.62. The topological polar surface area (TPSA) is 21.6 Å². The summed E-state index contributed by atoms with van der Waals surface area (Å²) in [4.78, 5) is 4.52. The second-order valence-corrected chi connectivity index (χ2v) is 4.05. The molecule has 0 amide bonds. The largest absolute Gasteiger partial charge is 0.497 e. The molecule has 0 aromatic heterocycles. The molecule has 1 fully saturated rings. The van der Waals surface area contributed by atoms with E-state index in [-0.39, 0.29) is 0 Å². The van der Waals surface area contributed by atoms with Gasteiger partial charge in [0.2, 0.25) is 0 Å². The minimum atomic E-state index is -0.630. The van der Waals surface area contributed by atoms with Gasteiger partial charge in [-0.25, -0.2) is 4.39 Å². The Kier molecular flexibility index (Phi) is 3.54. The lowest BCUT2D eigenvalue weighted by Gasteiger charge is -2.16. The fourth-order valence-electron chi connectivity index (χ4n) is 1.87. The molecule has 2 rings (SSSR count). The second kappa shape index (κ2) is 5.10. The van der Waals surface area contributed by atoms with Crippen LogP contribution in [0.1, 0.15) is 25.7 Å². The van der Waals surface area contributed by atoms with E-state index in [2.05, 4.69) is 4.99 Å². The predicted octanol–water partition coefficient (Wildman–Crippen LogP) is 3.68. The van der Waals surface area contributed by atoms with Crippen LogP contribution in [0, 0.1) is 0 Å². The van der Waals surface area contributed by atoms with Crippen molar-refractivity contribution >= 4 is 11.4 Å². The molecule has 0 radical (unpaired) electrons. The van der Waals surface area contributed by atoms with E-state index in [9.17, 15) is 4.39 Å². The van der Waals surface area contributed by atoms with Crippen molar-refractivity contribution < 1.29 is 9.13 Å². The number of aliphatic imine (C=N–C) groups is 1. The Morgan fingerprint density at radius 2 is 1.81 bits per heavy atom. The molecule has 0 saturated heterocycles. The van der Waals surface area contributed by atoms with Crippen LogP contribution in [0.25, 0.3) is 0 Å². The third kappa shape index (κ3) is 2.81. The lowest BCUT2D eigenvalue weighted by atomic mass is 9.97. The highest BCUT2D eigenvalue weighted by atomic mass is 19.1. The maximum Gasteiger partial charge on any atom is 0.119 e. The summed E-state index contributed by atoms with van der Waals surface area (Å²) < 4.78 is 18.0. The summed E-state index contributed by atoms with van der Waals surface area (Å²) in [6.07, 6.45) is 2.18. The molecule has 0 atom stereocenters. The molecule has 16 heavy (non-hydrogen) atoms. The van der Waals surface area contributed by atoms with Crippen LogP contribution in [0.15, 0.2) is 29.3 Å². The van der Waals surface area contributed by atoms with E-state index in [4.69, 9.17) is 4.74 Å². The number of rotatable bonds is 2. The number of hydrogen-bond donors (Lipinski definition) is 0. The zero-order valence-electron chi connectivity index (χ0n) is 9.45. The predicted molar refractivity (Wildman–Crippen MR) is 63.5 cm³/mol. The van der Waals surface area contributed by atoms with E-state index in [0.717, 1.165) is 30.0 Å². The van der Waals surface area contributed by atoms with Gasteiger partial charge in [-0.05, 0) is 49.9 Å². The van der Waals surface area contributed by atoms with Crippen LogP contribution in [0.4, 0.5) is 10.1 Å². The van der Waals surface area contributed by atoms with Gasteiger partial charge in [0.1, 0.15) is 11.9 Å². The van der Waals surface area contributed by atoms with E-state index < -0.39 is 6.17 Å². The molecule has 0 N–H and O–H groups in total. The Morgan fingerprint density at radius 1 is 1.19 bits per heavy atom. The molecule has 2 nitrogen and oxygen atoms in total. The molecule has 1 aliphatic rings. The summed E-state index contributed by atoms with van der Waals surface area (Å²) in [5.41, 5.74) is 2.03. The number of hydrogen-bond acceptors (Lipinski definition) is 2. The first kappa shape index (κ1) is 11.1. The molecule has 1 aliphatic carbocycles. The Balaban J connectivity index is 2.04. The van der Waals surface area contributed by atoms with Crippen molar-refractivity contribution in [3.63, 3.8) is 0 Å². The smallest absolute Gasteiger partial charge is 0.119 e. The molecule has 1 aromatic rings. The molecule has 0 unspecified atom stereocenters. The number of methoxy groups -OCH3 is 1.